The third-order valence-corrected chi connectivity index (χ3v) is 5.97. The molecule has 1 aliphatic carbocycles. The topological polar surface area (TPSA) is 59.0 Å². The first-order chi connectivity index (χ1) is 16.0. The zero-order valence-electron chi connectivity index (χ0n) is 19.2. The fourth-order valence-corrected chi connectivity index (χ4v) is 4.15. The highest BCUT2D eigenvalue weighted by atomic mass is 16.5. The second-order valence-corrected chi connectivity index (χ2v) is 8.49. The molecule has 0 bridgehead atoms. The second-order valence-electron chi connectivity index (χ2n) is 8.49. The molecule has 5 heteroatoms. The molecule has 2 atom stereocenters. The molecule has 0 fully saturated rings. The monoisotopic (exact) mass is 443 g/mol. The molecule has 3 aromatic carbocycles. The zero-order valence-corrected chi connectivity index (χ0v) is 19.2. The lowest BCUT2D eigenvalue weighted by molar-refractivity contribution is 0.0399. The van der Waals surface area contributed by atoms with Gasteiger partial charge in [0.1, 0.15) is 23.2 Å². The lowest BCUT2D eigenvalue weighted by Gasteiger charge is -2.26. The Balaban J connectivity index is 1.76. The highest BCUT2D eigenvalue weighted by Crippen LogP contribution is 2.29. The largest absolute Gasteiger partial charge is 0.507 e. The van der Waals surface area contributed by atoms with Gasteiger partial charge in [0.05, 0.1) is 7.11 Å². The van der Waals surface area contributed by atoms with Crippen LogP contribution < -0.4 is 15.2 Å². The number of rotatable bonds is 7. The molecular formula is C28H29NO4. The predicted octanol–water partition coefficient (Wildman–Crippen LogP) is 3.09. The minimum Gasteiger partial charge on any atom is -0.507 e. The van der Waals surface area contributed by atoms with Gasteiger partial charge in [0.2, 0.25) is 0 Å². The van der Waals surface area contributed by atoms with E-state index < -0.39 is 12.1 Å². The van der Waals surface area contributed by atoms with Crippen LogP contribution in [-0.2, 0) is 11.2 Å². The number of carbonyl (C=O) groups is 1. The van der Waals surface area contributed by atoms with Crippen molar-refractivity contribution >= 4 is 18.1 Å². The lowest BCUT2D eigenvalue weighted by Crippen LogP contribution is -2.39. The van der Waals surface area contributed by atoms with Crippen LogP contribution in [0.2, 0.25) is 0 Å². The van der Waals surface area contributed by atoms with Crippen molar-refractivity contribution < 1.29 is 19.4 Å². The van der Waals surface area contributed by atoms with E-state index in [4.69, 9.17) is 9.47 Å². The Morgan fingerprint density at radius 3 is 2.42 bits per heavy atom. The summed E-state index contributed by atoms with van der Waals surface area (Å²) >= 11 is 0. The molecule has 170 valence electrons. The number of likely N-dealkylation sites (N-methyl/N-ethyl adjacent to an activating group) is 1. The molecule has 0 amide bonds. The van der Waals surface area contributed by atoms with Crippen LogP contribution in [-0.4, -0.2) is 49.8 Å². The average molecular weight is 444 g/mol. The van der Waals surface area contributed by atoms with Crippen molar-refractivity contribution in [2.45, 2.75) is 18.4 Å². The summed E-state index contributed by atoms with van der Waals surface area (Å²) in [4.78, 5) is 15.1. The van der Waals surface area contributed by atoms with Crippen molar-refractivity contribution in [1.82, 2.24) is 4.90 Å². The number of esters is 1. The Morgan fingerprint density at radius 1 is 0.970 bits per heavy atom. The number of benzene rings is 3. The molecule has 5 nitrogen and oxygen atoms in total. The summed E-state index contributed by atoms with van der Waals surface area (Å²) in [6, 6.07) is 20.6. The number of phenols is 1. The van der Waals surface area contributed by atoms with Crippen molar-refractivity contribution in [3.63, 3.8) is 0 Å². The molecule has 4 rings (SSSR count). The van der Waals surface area contributed by atoms with Crippen molar-refractivity contribution in [3.05, 3.63) is 93.9 Å². The van der Waals surface area contributed by atoms with E-state index in [0.717, 1.165) is 34.7 Å². The highest BCUT2D eigenvalue weighted by Gasteiger charge is 2.27. The molecule has 0 heterocycles. The summed E-state index contributed by atoms with van der Waals surface area (Å²) in [5.74, 6) is -0.0270. The molecule has 33 heavy (non-hydrogen) atoms. The van der Waals surface area contributed by atoms with Gasteiger partial charge in [0.25, 0.3) is 0 Å². The van der Waals surface area contributed by atoms with Crippen LogP contribution in [0.1, 0.15) is 27.4 Å². The van der Waals surface area contributed by atoms with E-state index in [2.05, 4.69) is 43.3 Å². The number of carbonyl (C=O) groups excluding carboxylic acids is 1. The zero-order chi connectivity index (χ0) is 23.4. The smallest absolute Gasteiger partial charge is 0.342 e. The number of para-hydroxylation sites is 1. The average Bonchev–Trinajstić information content (AvgIpc) is 2.82. The third-order valence-electron chi connectivity index (χ3n) is 5.97. The van der Waals surface area contributed by atoms with Crippen LogP contribution in [0, 0.1) is 0 Å². The van der Waals surface area contributed by atoms with E-state index in [9.17, 15) is 9.90 Å². The summed E-state index contributed by atoms with van der Waals surface area (Å²) in [6.07, 6.45) is 4.60. The van der Waals surface area contributed by atoms with Crippen LogP contribution in [0.25, 0.3) is 12.2 Å². The fraction of sp³-hybridized carbons (Fsp3) is 0.250. The molecule has 0 spiro atoms. The normalized spacial score (nSPS) is 17.0. The Hall–Kier alpha value is -3.57. The van der Waals surface area contributed by atoms with E-state index in [1.54, 1.807) is 25.3 Å². The number of hydrogen-bond donors (Lipinski definition) is 1. The number of phenolic OH excluding ortho intramolecular Hbond substituents is 1. The van der Waals surface area contributed by atoms with E-state index in [-0.39, 0.29) is 17.2 Å². The maximum Gasteiger partial charge on any atom is 0.342 e. The van der Waals surface area contributed by atoms with Gasteiger partial charge in [-0.2, -0.15) is 0 Å². The van der Waals surface area contributed by atoms with Crippen LogP contribution in [0.5, 0.6) is 11.5 Å². The van der Waals surface area contributed by atoms with E-state index >= 15 is 0 Å². The van der Waals surface area contributed by atoms with E-state index in [0.29, 0.717) is 0 Å². The van der Waals surface area contributed by atoms with Crippen LogP contribution in [0.3, 0.4) is 0 Å². The van der Waals surface area contributed by atoms with Gasteiger partial charge in [0.15, 0.2) is 0 Å². The first-order valence-corrected chi connectivity index (χ1v) is 11.1. The highest BCUT2D eigenvalue weighted by molar-refractivity contribution is 5.92. The van der Waals surface area contributed by atoms with Gasteiger partial charge in [-0.15, -0.1) is 0 Å². The summed E-state index contributed by atoms with van der Waals surface area (Å²) < 4.78 is 11.3. The summed E-state index contributed by atoms with van der Waals surface area (Å²) in [5.41, 5.74) is 2.40. The molecule has 3 aromatic rings. The number of fused-ring (bicyclic) bond motifs is 1. The van der Waals surface area contributed by atoms with Crippen molar-refractivity contribution in [1.29, 1.82) is 0 Å². The van der Waals surface area contributed by atoms with Crippen LogP contribution >= 0.6 is 0 Å². The van der Waals surface area contributed by atoms with Gasteiger partial charge >= 0.3 is 5.97 Å². The Kier molecular flexibility index (Phi) is 6.80. The minimum absolute atomic E-state index is 0.0876. The number of nitrogens with zero attached hydrogens (tertiary/aromatic N) is 1. The summed E-state index contributed by atoms with van der Waals surface area (Å²) in [6.45, 7) is 0.925. The molecule has 0 aromatic heterocycles. The quantitative estimate of drug-likeness (QED) is 0.569. The fourth-order valence-electron chi connectivity index (χ4n) is 4.15. The number of aromatic hydroxyl groups is 1. The summed E-state index contributed by atoms with van der Waals surface area (Å²) in [7, 11) is 5.75. The molecule has 0 aliphatic heterocycles. The number of ether oxygens (including phenoxy) is 2. The second kappa shape index (κ2) is 9.92. The first kappa shape index (κ1) is 22.6. The first-order valence-electron chi connectivity index (χ1n) is 11.1. The third kappa shape index (κ3) is 5.10. The standard InChI is InChI=1S/C28H29NO4/c1-29(2)16-15-19-7-6-8-21-17-25(20-11-13-22(32-3)14-12-20)27(18-24(19)21)33-28(31)23-9-4-5-10-26(23)30/h4-14,17-18,25,27,30H,15-16H2,1-3H3/t25-,27-/m1/s1. The molecule has 0 unspecified atom stereocenters. The molecule has 1 N–H and O–H groups in total. The van der Waals surface area contributed by atoms with Crippen molar-refractivity contribution in [2.75, 3.05) is 27.7 Å². The van der Waals surface area contributed by atoms with Gasteiger partial charge in [-0.3, -0.25) is 0 Å². The van der Waals surface area contributed by atoms with Gasteiger partial charge in [-0.1, -0.05) is 48.5 Å². The van der Waals surface area contributed by atoms with Crippen molar-refractivity contribution in [2.24, 2.45) is 0 Å². The molecule has 0 saturated carbocycles. The van der Waals surface area contributed by atoms with Crippen LogP contribution in [0.15, 0.2) is 66.7 Å². The maximum atomic E-state index is 13.0. The van der Waals surface area contributed by atoms with E-state index in [1.165, 1.54) is 11.6 Å². The maximum absolute atomic E-state index is 13.0. The SMILES string of the molecule is COc1ccc([C@H]2C=c3cccc(CCN(C)C)c3=C[C@H]2OC(=O)c2ccccc2O)cc1. The minimum atomic E-state index is -0.546. The van der Waals surface area contributed by atoms with Gasteiger partial charge in [-0.25, -0.2) is 4.79 Å². The Morgan fingerprint density at radius 2 is 1.73 bits per heavy atom. The van der Waals surface area contributed by atoms with Crippen LogP contribution in [0.4, 0.5) is 0 Å². The Labute approximate surface area is 194 Å². The molecule has 0 radical (unpaired) electrons. The van der Waals surface area contributed by atoms with Gasteiger partial charge in [0, 0.05) is 12.5 Å². The molecule has 1 aliphatic rings. The summed E-state index contributed by atoms with van der Waals surface area (Å²) in [5, 5.41) is 12.4. The number of hydrogen-bond acceptors (Lipinski definition) is 5. The lowest BCUT2D eigenvalue weighted by atomic mass is 9.86. The van der Waals surface area contributed by atoms with Crippen molar-refractivity contribution in [3.8, 4) is 11.5 Å². The Bertz CT molecular complexity index is 1250. The van der Waals surface area contributed by atoms with Gasteiger partial charge in [-0.05, 0) is 72.4 Å². The molecule has 0 saturated heterocycles. The number of methoxy groups -OCH3 is 1. The van der Waals surface area contributed by atoms with E-state index in [1.807, 2.05) is 30.3 Å². The predicted molar refractivity (Wildman–Crippen MR) is 130 cm³/mol. The molecular weight excluding hydrogens is 414 g/mol. The van der Waals surface area contributed by atoms with Gasteiger partial charge < -0.3 is 19.5 Å².